The lowest BCUT2D eigenvalue weighted by molar-refractivity contribution is -0.384. The molecule has 2 N–H and O–H groups in total. The number of rotatable bonds is 6. The number of nitrogens with one attached hydrogen (secondary N) is 2. The van der Waals surface area contributed by atoms with Crippen LogP contribution in [0.4, 0.5) is 17.1 Å². The lowest BCUT2D eigenvalue weighted by atomic mass is 9.77. The van der Waals surface area contributed by atoms with Gasteiger partial charge in [0, 0.05) is 29.4 Å². The summed E-state index contributed by atoms with van der Waals surface area (Å²) in [6, 6.07) is 28.9. The van der Waals surface area contributed by atoms with Crippen molar-refractivity contribution in [2.75, 3.05) is 10.0 Å². The van der Waals surface area contributed by atoms with Gasteiger partial charge in [-0.2, -0.15) is 0 Å². The molecule has 0 bridgehead atoms. The van der Waals surface area contributed by atoms with Crippen LogP contribution >= 0.6 is 0 Å². The molecule has 0 saturated heterocycles. The Kier molecular flexibility index (Phi) is 5.96. The maximum Gasteiger partial charge on any atom is 0.269 e. The molecule has 38 heavy (non-hydrogen) atoms. The van der Waals surface area contributed by atoms with Crippen LogP contribution in [0.5, 0.6) is 0 Å². The average molecular weight is 524 g/mol. The first-order valence-corrected chi connectivity index (χ1v) is 13.9. The Morgan fingerprint density at radius 3 is 2.39 bits per heavy atom. The first-order chi connectivity index (χ1) is 18.4. The van der Waals surface area contributed by atoms with Gasteiger partial charge in [0.25, 0.3) is 15.7 Å². The highest BCUT2D eigenvalue weighted by Gasteiger charge is 2.38. The maximum atomic E-state index is 13.3. The molecule has 8 heteroatoms. The van der Waals surface area contributed by atoms with Gasteiger partial charge >= 0.3 is 0 Å². The summed E-state index contributed by atoms with van der Waals surface area (Å²) in [5.74, 6) is 0.136. The quantitative estimate of drug-likeness (QED) is 0.163. The predicted octanol–water partition coefficient (Wildman–Crippen LogP) is 6.89. The molecule has 0 spiro atoms. The van der Waals surface area contributed by atoms with Crippen molar-refractivity contribution in [3.63, 3.8) is 0 Å². The van der Waals surface area contributed by atoms with E-state index in [0.29, 0.717) is 5.69 Å². The number of nitro benzene ring substituents is 1. The van der Waals surface area contributed by atoms with Crippen molar-refractivity contribution in [3.05, 3.63) is 130 Å². The number of hydrogen-bond acceptors (Lipinski definition) is 5. The Balaban J connectivity index is 1.27. The van der Waals surface area contributed by atoms with Crippen molar-refractivity contribution in [1.29, 1.82) is 0 Å². The Labute approximate surface area is 221 Å². The zero-order chi connectivity index (χ0) is 26.3. The molecule has 0 radical (unpaired) electrons. The highest BCUT2D eigenvalue weighted by Crippen LogP contribution is 2.50. The molecule has 0 aromatic heterocycles. The van der Waals surface area contributed by atoms with Crippen molar-refractivity contribution in [3.8, 4) is 11.1 Å². The van der Waals surface area contributed by atoms with Crippen LogP contribution in [0, 0.1) is 16.0 Å². The van der Waals surface area contributed by atoms with Crippen molar-refractivity contribution in [2.24, 2.45) is 5.92 Å². The zero-order valence-corrected chi connectivity index (χ0v) is 21.1. The summed E-state index contributed by atoms with van der Waals surface area (Å²) < 4.78 is 29.3. The van der Waals surface area contributed by atoms with Gasteiger partial charge in [0.2, 0.25) is 0 Å². The second-order valence-electron chi connectivity index (χ2n) is 9.63. The Morgan fingerprint density at radius 1 is 0.868 bits per heavy atom. The van der Waals surface area contributed by atoms with Gasteiger partial charge in [-0.3, -0.25) is 14.8 Å². The van der Waals surface area contributed by atoms with Crippen LogP contribution in [0.1, 0.15) is 29.5 Å². The molecule has 0 saturated carbocycles. The van der Waals surface area contributed by atoms with Gasteiger partial charge in [0.1, 0.15) is 0 Å². The lowest BCUT2D eigenvalue weighted by Crippen LogP contribution is -2.29. The molecule has 190 valence electrons. The molecule has 7 nitrogen and oxygen atoms in total. The van der Waals surface area contributed by atoms with Gasteiger partial charge < -0.3 is 5.32 Å². The molecule has 4 aromatic carbocycles. The molecule has 1 heterocycles. The molecule has 0 unspecified atom stereocenters. The average Bonchev–Trinajstić information content (AvgIpc) is 3.44. The molecular formula is C30H25N3O4S. The number of allylic oxidation sites excluding steroid dienone is 2. The predicted molar refractivity (Wildman–Crippen MR) is 149 cm³/mol. The normalized spacial score (nSPS) is 19.7. The van der Waals surface area contributed by atoms with Crippen LogP contribution in [0.2, 0.25) is 0 Å². The molecule has 1 aliphatic carbocycles. The fraction of sp³-hybridized carbons (Fsp3) is 0.133. The SMILES string of the molecule is O=[N+]([O-])c1cccc([C@H]2Nc3ccc(S(=O)(=O)Nc4ccc(-c5ccccc5)cc4)cc3[C@H]3C=CC[C@H]32)c1. The topological polar surface area (TPSA) is 101 Å². The highest BCUT2D eigenvalue weighted by atomic mass is 32.2. The van der Waals surface area contributed by atoms with Crippen molar-refractivity contribution in [1.82, 2.24) is 0 Å². The Hall–Kier alpha value is -4.43. The van der Waals surface area contributed by atoms with Crippen LogP contribution in [0.15, 0.2) is 114 Å². The van der Waals surface area contributed by atoms with E-state index in [2.05, 4.69) is 22.2 Å². The molecular weight excluding hydrogens is 498 g/mol. The number of nitrogens with zero attached hydrogens (tertiary/aromatic N) is 1. The monoisotopic (exact) mass is 523 g/mol. The zero-order valence-electron chi connectivity index (χ0n) is 20.3. The molecule has 1 aliphatic heterocycles. The van der Waals surface area contributed by atoms with Crippen LogP contribution in [-0.4, -0.2) is 13.3 Å². The molecule has 0 fully saturated rings. The summed E-state index contributed by atoms with van der Waals surface area (Å²) in [5, 5.41) is 14.8. The van der Waals surface area contributed by atoms with Gasteiger partial charge in [-0.15, -0.1) is 0 Å². The molecule has 0 amide bonds. The highest BCUT2D eigenvalue weighted by molar-refractivity contribution is 7.92. The number of anilines is 2. The summed E-state index contributed by atoms with van der Waals surface area (Å²) in [5.41, 5.74) is 5.21. The summed E-state index contributed by atoms with van der Waals surface area (Å²) >= 11 is 0. The van der Waals surface area contributed by atoms with Crippen LogP contribution in [0.25, 0.3) is 11.1 Å². The van der Waals surface area contributed by atoms with Gasteiger partial charge in [-0.1, -0.05) is 66.7 Å². The van der Waals surface area contributed by atoms with E-state index < -0.39 is 10.0 Å². The minimum Gasteiger partial charge on any atom is -0.378 e. The Bertz CT molecular complexity index is 1650. The summed E-state index contributed by atoms with van der Waals surface area (Å²) in [7, 11) is -3.81. The molecule has 3 atom stereocenters. The number of fused-ring (bicyclic) bond motifs is 3. The summed E-state index contributed by atoms with van der Waals surface area (Å²) in [6.07, 6.45) is 5.01. The number of nitro groups is 1. The number of benzene rings is 4. The number of hydrogen-bond donors (Lipinski definition) is 2. The largest absolute Gasteiger partial charge is 0.378 e. The minimum atomic E-state index is -3.81. The second kappa shape index (κ2) is 9.46. The minimum absolute atomic E-state index is 0.0100. The van der Waals surface area contributed by atoms with Gasteiger partial charge in [0.05, 0.1) is 15.9 Å². The van der Waals surface area contributed by atoms with Gasteiger partial charge in [-0.25, -0.2) is 8.42 Å². The number of non-ortho nitro benzene ring substituents is 1. The molecule has 6 rings (SSSR count). The van der Waals surface area contributed by atoms with Crippen LogP contribution < -0.4 is 10.0 Å². The summed E-state index contributed by atoms with van der Waals surface area (Å²) in [4.78, 5) is 11.1. The van der Waals surface area contributed by atoms with Crippen LogP contribution in [-0.2, 0) is 10.0 Å². The standard InChI is InChI=1S/C30H25N3O4S/c34-33(35)24-9-4-8-22(18-24)30-27-11-5-10-26(27)28-19-25(16-17-29(28)31-30)38(36,37)32-23-14-12-21(13-15-23)20-6-2-1-3-7-20/h1-10,12-19,26-27,30-32H,11H2/t26-,27+,30+/m0/s1. The maximum absolute atomic E-state index is 13.3. The van der Waals surface area contributed by atoms with E-state index in [1.54, 1.807) is 42.5 Å². The van der Waals surface area contributed by atoms with E-state index in [9.17, 15) is 18.5 Å². The lowest BCUT2D eigenvalue weighted by Gasteiger charge is -2.37. The fourth-order valence-corrected chi connectivity index (χ4v) is 6.57. The van der Waals surface area contributed by atoms with Crippen molar-refractivity contribution < 1.29 is 13.3 Å². The van der Waals surface area contributed by atoms with Crippen LogP contribution in [0.3, 0.4) is 0 Å². The number of sulfonamides is 1. The van der Waals surface area contributed by atoms with Crippen molar-refractivity contribution in [2.45, 2.75) is 23.3 Å². The van der Waals surface area contributed by atoms with Gasteiger partial charge in [0.15, 0.2) is 0 Å². The van der Waals surface area contributed by atoms with E-state index in [1.165, 1.54) is 6.07 Å². The third kappa shape index (κ3) is 4.43. The molecule has 2 aliphatic rings. The van der Waals surface area contributed by atoms with Gasteiger partial charge in [-0.05, 0) is 64.9 Å². The van der Waals surface area contributed by atoms with E-state index in [-0.39, 0.29) is 33.4 Å². The first kappa shape index (κ1) is 23.9. The third-order valence-corrected chi connectivity index (χ3v) is 8.71. The smallest absolute Gasteiger partial charge is 0.269 e. The second-order valence-corrected chi connectivity index (χ2v) is 11.3. The molecule has 4 aromatic rings. The summed E-state index contributed by atoms with van der Waals surface area (Å²) in [6.45, 7) is 0. The van der Waals surface area contributed by atoms with E-state index in [0.717, 1.165) is 34.4 Å². The Morgan fingerprint density at radius 2 is 1.63 bits per heavy atom. The third-order valence-electron chi connectivity index (χ3n) is 7.33. The van der Waals surface area contributed by atoms with E-state index in [4.69, 9.17) is 0 Å². The van der Waals surface area contributed by atoms with E-state index >= 15 is 0 Å². The fourth-order valence-electron chi connectivity index (χ4n) is 5.48. The van der Waals surface area contributed by atoms with E-state index in [1.807, 2.05) is 48.5 Å². The first-order valence-electron chi connectivity index (χ1n) is 12.4. The van der Waals surface area contributed by atoms with Crippen molar-refractivity contribution >= 4 is 27.1 Å².